The Labute approximate surface area is 108 Å². The zero-order chi connectivity index (χ0) is 13.0. The van der Waals surface area contributed by atoms with Crippen molar-refractivity contribution in [3.8, 4) is 0 Å². The van der Waals surface area contributed by atoms with E-state index in [9.17, 15) is 4.79 Å². The number of carbonyl (C=O) groups excluding carboxylic acids is 1. The number of hydrogen-bond acceptors (Lipinski definition) is 3. The monoisotopic (exact) mass is 250 g/mol. The van der Waals surface area contributed by atoms with Gasteiger partial charge in [-0.1, -0.05) is 0 Å². The van der Waals surface area contributed by atoms with Gasteiger partial charge in [-0.05, 0) is 38.8 Å². The SMILES string of the molecule is CC(NC(=O)CC1CCCNC1)c1cnn(C)c1. The number of nitrogens with one attached hydrogen (secondary N) is 2. The lowest BCUT2D eigenvalue weighted by molar-refractivity contribution is -0.122. The quantitative estimate of drug-likeness (QED) is 0.837. The van der Waals surface area contributed by atoms with E-state index in [2.05, 4.69) is 15.7 Å². The fourth-order valence-corrected chi connectivity index (χ4v) is 2.41. The molecule has 0 saturated carbocycles. The van der Waals surface area contributed by atoms with Crippen LogP contribution in [0.1, 0.15) is 37.8 Å². The summed E-state index contributed by atoms with van der Waals surface area (Å²) in [7, 11) is 1.88. The lowest BCUT2D eigenvalue weighted by Gasteiger charge is -2.23. The largest absolute Gasteiger partial charge is 0.349 e. The van der Waals surface area contributed by atoms with Crippen LogP contribution < -0.4 is 10.6 Å². The molecule has 0 radical (unpaired) electrons. The number of aromatic nitrogens is 2. The topological polar surface area (TPSA) is 59.0 Å². The molecule has 1 saturated heterocycles. The molecule has 2 heterocycles. The van der Waals surface area contributed by atoms with Gasteiger partial charge in [-0.25, -0.2) is 0 Å². The third-order valence-corrected chi connectivity index (χ3v) is 3.48. The van der Waals surface area contributed by atoms with Crippen molar-refractivity contribution >= 4 is 5.91 Å². The average molecular weight is 250 g/mol. The van der Waals surface area contributed by atoms with Crippen LogP contribution in [0.15, 0.2) is 12.4 Å². The molecule has 1 aliphatic heterocycles. The molecule has 18 heavy (non-hydrogen) atoms. The lowest BCUT2D eigenvalue weighted by atomic mass is 9.96. The van der Waals surface area contributed by atoms with E-state index in [-0.39, 0.29) is 11.9 Å². The normalized spacial score (nSPS) is 21.6. The first kappa shape index (κ1) is 13.1. The number of nitrogens with zero attached hydrogens (tertiary/aromatic N) is 2. The van der Waals surface area contributed by atoms with Gasteiger partial charge in [0.2, 0.25) is 5.91 Å². The first-order valence-corrected chi connectivity index (χ1v) is 6.64. The van der Waals surface area contributed by atoms with Gasteiger partial charge in [0.1, 0.15) is 0 Å². The molecule has 0 spiro atoms. The summed E-state index contributed by atoms with van der Waals surface area (Å²) in [6.45, 7) is 4.05. The molecular weight excluding hydrogens is 228 g/mol. The van der Waals surface area contributed by atoms with Crippen LogP contribution in [0.4, 0.5) is 0 Å². The van der Waals surface area contributed by atoms with E-state index in [1.54, 1.807) is 10.9 Å². The summed E-state index contributed by atoms with van der Waals surface area (Å²) in [4.78, 5) is 11.9. The fraction of sp³-hybridized carbons (Fsp3) is 0.692. The molecule has 0 bridgehead atoms. The van der Waals surface area contributed by atoms with Crippen LogP contribution in [0.25, 0.3) is 0 Å². The Bertz CT molecular complexity index is 395. The van der Waals surface area contributed by atoms with E-state index >= 15 is 0 Å². The van der Waals surface area contributed by atoms with Crippen molar-refractivity contribution in [1.29, 1.82) is 0 Å². The van der Waals surface area contributed by atoms with Gasteiger partial charge < -0.3 is 10.6 Å². The molecule has 2 atom stereocenters. The summed E-state index contributed by atoms with van der Waals surface area (Å²) >= 11 is 0. The van der Waals surface area contributed by atoms with E-state index < -0.39 is 0 Å². The minimum Gasteiger partial charge on any atom is -0.349 e. The highest BCUT2D eigenvalue weighted by atomic mass is 16.1. The van der Waals surface area contributed by atoms with Crippen molar-refractivity contribution in [3.05, 3.63) is 18.0 Å². The minimum atomic E-state index is 0.0303. The Hall–Kier alpha value is -1.36. The molecule has 2 N–H and O–H groups in total. The van der Waals surface area contributed by atoms with Gasteiger partial charge in [0.05, 0.1) is 12.2 Å². The molecule has 2 rings (SSSR count). The lowest BCUT2D eigenvalue weighted by Crippen LogP contribution is -2.35. The van der Waals surface area contributed by atoms with Crippen LogP contribution in [0, 0.1) is 5.92 Å². The number of amides is 1. The van der Waals surface area contributed by atoms with Crippen LogP contribution >= 0.6 is 0 Å². The molecule has 1 aliphatic rings. The minimum absolute atomic E-state index is 0.0303. The highest BCUT2D eigenvalue weighted by Gasteiger charge is 2.18. The third-order valence-electron chi connectivity index (χ3n) is 3.48. The second kappa shape index (κ2) is 6.00. The summed E-state index contributed by atoms with van der Waals surface area (Å²) in [5.74, 6) is 0.625. The third kappa shape index (κ3) is 3.57. The summed E-state index contributed by atoms with van der Waals surface area (Å²) in [5.41, 5.74) is 1.05. The van der Waals surface area contributed by atoms with Gasteiger partial charge in [0.15, 0.2) is 0 Å². The Balaban J connectivity index is 1.79. The van der Waals surface area contributed by atoms with E-state index in [0.29, 0.717) is 12.3 Å². The van der Waals surface area contributed by atoms with E-state index in [0.717, 1.165) is 25.1 Å². The molecular formula is C13H22N4O. The van der Waals surface area contributed by atoms with E-state index in [1.165, 1.54) is 6.42 Å². The van der Waals surface area contributed by atoms with Crippen molar-refractivity contribution in [2.45, 2.75) is 32.2 Å². The molecule has 100 valence electrons. The first-order chi connectivity index (χ1) is 8.65. The van der Waals surface area contributed by atoms with Crippen molar-refractivity contribution in [2.75, 3.05) is 13.1 Å². The molecule has 1 amide bonds. The predicted molar refractivity (Wildman–Crippen MR) is 70.0 cm³/mol. The fourth-order valence-electron chi connectivity index (χ4n) is 2.41. The van der Waals surface area contributed by atoms with Crippen LogP contribution in [0.5, 0.6) is 0 Å². The van der Waals surface area contributed by atoms with Gasteiger partial charge in [0.25, 0.3) is 0 Å². The maximum Gasteiger partial charge on any atom is 0.220 e. The second-order valence-corrected chi connectivity index (χ2v) is 5.15. The Morgan fingerprint density at radius 3 is 3.17 bits per heavy atom. The zero-order valence-corrected chi connectivity index (χ0v) is 11.1. The highest BCUT2D eigenvalue weighted by molar-refractivity contribution is 5.76. The van der Waals surface area contributed by atoms with Gasteiger partial charge in [-0.3, -0.25) is 9.48 Å². The maximum absolute atomic E-state index is 11.9. The predicted octanol–water partition coefficient (Wildman–Crippen LogP) is 0.987. The summed E-state index contributed by atoms with van der Waals surface area (Å²) in [6, 6.07) is 0.0303. The van der Waals surface area contributed by atoms with Crippen molar-refractivity contribution in [1.82, 2.24) is 20.4 Å². The molecule has 0 aliphatic carbocycles. The van der Waals surface area contributed by atoms with Gasteiger partial charge in [-0.2, -0.15) is 5.10 Å². The number of hydrogen-bond donors (Lipinski definition) is 2. The zero-order valence-electron chi connectivity index (χ0n) is 11.1. The average Bonchev–Trinajstić information content (AvgIpc) is 2.77. The van der Waals surface area contributed by atoms with E-state index in [4.69, 9.17) is 0 Å². The molecule has 5 heteroatoms. The number of carbonyl (C=O) groups is 1. The van der Waals surface area contributed by atoms with Gasteiger partial charge in [0, 0.05) is 25.2 Å². The number of piperidine rings is 1. The smallest absolute Gasteiger partial charge is 0.220 e. The Morgan fingerprint density at radius 2 is 2.56 bits per heavy atom. The molecule has 1 aromatic heterocycles. The standard InChI is InChI=1S/C13H22N4O/c1-10(12-8-15-17(2)9-12)16-13(18)6-11-4-3-5-14-7-11/h8-11,14H,3-7H2,1-2H3,(H,16,18). The Morgan fingerprint density at radius 1 is 1.72 bits per heavy atom. The Kier molecular flexibility index (Phi) is 4.36. The van der Waals surface area contributed by atoms with Gasteiger partial charge >= 0.3 is 0 Å². The molecule has 5 nitrogen and oxygen atoms in total. The van der Waals surface area contributed by atoms with Crippen LogP contribution in [-0.2, 0) is 11.8 Å². The molecule has 1 aromatic rings. The van der Waals surface area contributed by atoms with E-state index in [1.807, 2.05) is 20.2 Å². The molecule has 0 aromatic carbocycles. The van der Waals surface area contributed by atoms with Gasteiger partial charge in [-0.15, -0.1) is 0 Å². The number of rotatable bonds is 4. The highest BCUT2D eigenvalue weighted by Crippen LogP contribution is 2.15. The molecule has 2 unspecified atom stereocenters. The van der Waals surface area contributed by atoms with Crippen molar-refractivity contribution < 1.29 is 4.79 Å². The first-order valence-electron chi connectivity index (χ1n) is 6.64. The van der Waals surface area contributed by atoms with Crippen molar-refractivity contribution in [3.63, 3.8) is 0 Å². The van der Waals surface area contributed by atoms with Crippen LogP contribution in [-0.4, -0.2) is 28.8 Å². The maximum atomic E-state index is 11.9. The molecule has 1 fully saturated rings. The number of aryl methyl sites for hydroxylation is 1. The summed E-state index contributed by atoms with van der Waals surface area (Å²) < 4.78 is 1.75. The summed E-state index contributed by atoms with van der Waals surface area (Å²) in [5, 5.41) is 10.5. The van der Waals surface area contributed by atoms with Crippen LogP contribution in [0.2, 0.25) is 0 Å². The van der Waals surface area contributed by atoms with Crippen molar-refractivity contribution in [2.24, 2.45) is 13.0 Å². The second-order valence-electron chi connectivity index (χ2n) is 5.15. The summed E-state index contributed by atoms with van der Waals surface area (Å²) in [6.07, 6.45) is 6.69. The van der Waals surface area contributed by atoms with Crippen LogP contribution in [0.3, 0.4) is 0 Å².